The topological polar surface area (TPSA) is 226 Å². The van der Waals surface area contributed by atoms with Gasteiger partial charge in [0, 0.05) is 34.2 Å². The summed E-state index contributed by atoms with van der Waals surface area (Å²) >= 11 is 0. The highest BCUT2D eigenvalue weighted by atomic mass is 16.8. The number of guanidine groups is 1. The smallest absolute Gasteiger partial charge is 0.322 e. The van der Waals surface area contributed by atoms with Crippen LogP contribution in [0.1, 0.15) is 47.5 Å². The van der Waals surface area contributed by atoms with Crippen LogP contribution in [0, 0.1) is 0 Å². The Labute approximate surface area is 219 Å². The molecule has 6 atom stereocenters. The normalized spacial score (nSPS) is 23.9. The second-order valence-corrected chi connectivity index (χ2v) is 8.06. The molecule has 1 aliphatic heterocycles. The molecule has 216 valence electrons. The van der Waals surface area contributed by atoms with Gasteiger partial charge in [-0.2, -0.15) is 0 Å². The highest BCUT2D eigenvalue weighted by molar-refractivity contribution is 5.77. The molecule has 0 aliphatic carbocycles. The Balaban J connectivity index is 3.01. The molecule has 0 bridgehead atoms. The number of ether oxygens (including phenoxy) is 6. The minimum Gasteiger partial charge on any atom is -0.465 e. The monoisotopic (exact) mass is 548 g/mol. The summed E-state index contributed by atoms with van der Waals surface area (Å²) in [7, 11) is 0. The van der Waals surface area contributed by atoms with E-state index in [1.807, 2.05) is 0 Å². The third-order valence-corrected chi connectivity index (χ3v) is 4.77. The average molecular weight is 549 g/mol. The van der Waals surface area contributed by atoms with Crippen LogP contribution in [0.2, 0.25) is 0 Å². The summed E-state index contributed by atoms with van der Waals surface area (Å²) in [5.74, 6) is -3.72. The van der Waals surface area contributed by atoms with Crippen molar-refractivity contribution in [1.82, 2.24) is 5.48 Å². The van der Waals surface area contributed by atoms with Gasteiger partial charge in [0.25, 0.3) is 0 Å². The second kappa shape index (κ2) is 16.4. The number of nitrogens with one attached hydrogen (secondary N) is 1. The summed E-state index contributed by atoms with van der Waals surface area (Å²) in [5, 5.41) is 0. The average Bonchev–Trinajstić information content (AvgIpc) is 2.81. The highest BCUT2D eigenvalue weighted by Crippen LogP contribution is 2.29. The first-order valence-electron chi connectivity index (χ1n) is 11.8. The Hall–Kier alpha value is -3.50. The van der Waals surface area contributed by atoms with E-state index in [0.717, 1.165) is 27.7 Å². The van der Waals surface area contributed by atoms with Gasteiger partial charge in [-0.3, -0.25) is 29.0 Å². The predicted octanol–water partition coefficient (Wildman–Crippen LogP) is -1.42. The van der Waals surface area contributed by atoms with Crippen LogP contribution < -0.4 is 16.9 Å². The van der Waals surface area contributed by atoms with Crippen molar-refractivity contribution in [3.8, 4) is 0 Å². The molecule has 0 radical (unpaired) electrons. The van der Waals surface area contributed by atoms with E-state index in [0.29, 0.717) is 12.8 Å². The van der Waals surface area contributed by atoms with E-state index in [4.69, 9.17) is 44.7 Å². The minimum atomic E-state index is -1.48. The lowest BCUT2D eigenvalue weighted by Gasteiger charge is -2.43. The van der Waals surface area contributed by atoms with E-state index >= 15 is 0 Å². The number of carbonyl (C=O) groups is 5. The molecular weight excluding hydrogens is 512 g/mol. The summed E-state index contributed by atoms with van der Waals surface area (Å²) in [6.07, 6.45) is -6.12. The third kappa shape index (κ3) is 11.7. The maximum absolute atomic E-state index is 11.8. The highest BCUT2D eigenvalue weighted by Gasteiger charge is 2.53. The zero-order valence-corrected chi connectivity index (χ0v) is 22.0. The number of nitrogens with two attached hydrogens (primary N) is 2. The molecule has 1 fully saturated rings. The fourth-order valence-corrected chi connectivity index (χ4v) is 3.31. The molecule has 0 saturated carbocycles. The van der Waals surface area contributed by atoms with Crippen molar-refractivity contribution < 1.29 is 57.2 Å². The Kier molecular flexibility index (Phi) is 14.0. The first-order valence-corrected chi connectivity index (χ1v) is 11.8. The van der Waals surface area contributed by atoms with Gasteiger partial charge in [-0.1, -0.05) is 0 Å². The summed E-state index contributed by atoms with van der Waals surface area (Å²) < 4.78 is 31.4. The fraction of sp³-hybridized carbons (Fsp3) is 0.727. The lowest BCUT2D eigenvalue weighted by molar-refractivity contribution is -0.316. The van der Waals surface area contributed by atoms with Crippen molar-refractivity contribution in [1.29, 1.82) is 0 Å². The number of hydroxylamine groups is 1. The van der Waals surface area contributed by atoms with Crippen LogP contribution in [0.15, 0.2) is 4.99 Å². The molecule has 16 heteroatoms. The van der Waals surface area contributed by atoms with Crippen LogP contribution in [0.5, 0.6) is 0 Å². The van der Waals surface area contributed by atoms with Gasteiger partial charge in [0.1, 0.15) is 18.8 Å². The summed E-state index contributed by atoms with van der Waals surface area (Å²) in [4.78, 5) is 67.8. The molecule has 0 spiro atoms. The maximum Gasteiger partial charge on any atom is 0.322 e. The molecule has 38 heavy (non-hydrogen) atoms. The van der Waals surface area contributed by atoms with Crippen molar-refractivity contribution in [3.05, 3.63) is 0 Å². The Morgan fingerprint density at radius 3 is 2.03 bits per heavy atom. The van der Waals surface area contributed by atoms with Crippen LogP contribution in [-0.4, -0.2) is 92.3 Å². The molecule has 1 heterocycles. The number of rotatable bonds is 13. The maximum atomic E-state index is 11.8. The van der Waals surface area contributed by atoms with Gasteiger partial charge in [0.2, 0.25) is 12.2 Å². The summed E-state index contributed by atoms with van der Waals surface area (Å²) in [6, 6.07) is -0.798. The molecule has 0 aromatic heterocycles. The van der Waals surface area contributed by atoms with Gasteiger partial charge in [0.15, 0.2) is 18.3 Å². The molecule has 0 unspecified atom stereocenters. The van der Waals surface area contributed by atoms with E-state index in [1.54, 1.807) is 6.92 Å². The van der Waals surface area contributed by atoms with E-state index in [-0.39, 0.29) is 19.1 Å². The van der Waals surface area contributed by atoms with Gasteiger partial charge < -0.3 is 39.9 Å². The Bertz CT molecular complexity index is 867. The van der Waals surface area contributed by atoms with Crippen LogP contribution in [0.3, 0.4) is 0 Å². The van der Waals surface area contributed by atoms with Gasteiger partial charge in [-0.25, -0.2) is 10.3 Å². The Morgan fingerprint density at radius 1 is 0.895 bits per heavy atom. The molecule has 16 nitrogen and oxygen atoms in total. The first-order chi connectivity index (χ1) is 17.8. The van der Waals surface area contributed by atoms with E-state index < -0.39 is 73.2 Å². The van der Waals surface area contributed by atoms with Crippen molar-refractivity contribution in [3.63, 3.8) is 0 Å². The number of aliphatic imine (C=N–C) groups is 1. The van der Waals surface area contributed by atoms with E-state index in [2.05, 4.69) is 10.5 Å². The number of carbonyl (C=O) groups excluding carboxylic acids is 5. The Morgan fingerprint density at radius 2 is 1.47 bits per heavy atom. The molecule has 1 rings (SSSR count). The quantitative estimate of drug-likeness (QED) is 0.0599. The lowest BCUT2D eigenvalue weighted by Crippen LogP contribution is -2.63. The number of hydrogen-bond donors (Lipinski definition) is 3. The summed E-state index contributed by atoms with van der Waals surface area (Å²) in [5.41, 5.74) is 13.9. The van der Waals surface area contributed by atoms with Crippen molar-refractivity contribution in [2.24, 2.45) is 16.5 Å². The fourth-order valence-electron chi connectivity index (χ4n) is 3.31. The predicted molar refractivity (Wildman–Crippen MR) is 127 cm³/mol. The standard InChI is InChI=1S/C22H36N4O12/c1-6-32-20(31)15(23)8-7-9-25-22(24)26-38-21-19(36-14(5)30)18(35-13(4)29)17(34-12(3)28)16(37-21)10-33-11(2)27/h15-19,21H,6-10,23H2,1-5H3,(H3,24,25,26)/t15-,16+,17+,18-,19+,21-/m0/s1. The van der Waals surface area contributed by atoms with Crippen LogP contribution in [0.25, 0.3) is 0 Å². The molecule has 1 aliphatic rings. The minimum absolute atomic E-state index is 0.174. The third-order valence-electron chi connectivity index (χ3n) is 4.77. The molecule has 5 N–H and O–H groups in total. The van der Waals surface area contributed by atoms with E-state index in [1.165, 1.54) is 0 Å². The largest absolute Gasteiger partial charge is 0.465 e. The van der Waals surface area contributed by atoms with Crippen molar-refractivity contribution in [2.75, 3.05) is 19.8 Å². The number of esters is 5. The van der Waals surface area contributed by atoms with E-state index in [9.17, 15) is 24.0 Å². The second-order valence-electron chi connectivity index (χ2n) is 8.06. The van der Waals surface area contributed by atoms with Crippen LogP contribution in [0.4, 0.5) is 0 Å². The molecule has 0 amide bonds. The number of hydrogen-bond acceptors (Lipinski definition) is 14. The lowest BCUT2D eigenvalue weighted by atomic mass is 9.98. The van der Waals surface area contributed by atoms with Crippen LogP contribution in [-0.2, 0) is 57.2 Å². The molecule has 0 aromatic carbocycles. The first kappa shape index (κ1) is 32.5. The van der Waals surface area contributed by atoms with Crippen LogP contribution >= 0.6 is 0 Å². The van der Waals surface area contributed by atoms with Gasteiger partial charge in [-0.15, -0.1) is 0 Å². The van der Waals surface area contributed by atoms with Gasteiger partial charge in [-0.05, 0) is 19.8 Å². The summed E-state index contributed by atoms with van der Waals surface area (Å²) in [6.45, 7) is 6.11. The molecule has 1 saturated heterocycles. The molecular formula is C22H36N4O12. The zero-order valence-electron chi connectivity index (χ0n) is 22.0. The van der Waals surface area contributed by atoms with Crippen molar-refractivity contribution >= 4 is 35.8 Å². The van der Waals surface area contributed by atoms with Gasteiger partial charge >= 0.3 is 29.8 Å². The van der Waals surface area contributed by atoms with Crippen molar-refractivity contribution in [2.45, 2.75) is 84.2 Å². The van der Waals surface area contributed by atoms with Gasteiger partial charge in [0.05, 0.1) is 6.61 Å². The SMILES string of the molecule is CCOC(=O)[C@@H](N)CCCN=C(N)NO[C@@H]1O[C@H](COC(C)=O)[C@@H](OC(C)=O)[C@H](OC(C)=O)[C@H]1OC(C)=O. The molecule has 0 aromatic rings. The number of nitrogens with zero attached hydrogens (tertiary/aromatic N) is 1. The zero-order chi connectivity index (χ0) is 28.8.